The van der Waals surface area contributed by atoms with Crippen molar-refractivity contribution in [1.82, 2.24) is 0 Å². The Hall–Kier alpha value is -3.00. The number of rotatable bonds is 4. The molecule has 2 nitrogen and oxygen atoms in total. The number of benzene rings is 4. The molecule has 4 aromatic rings. The van der Waals surface area contributed by atoms with Crippen molar-refractivity contribution in [3.8, 4) is 22.7 Å². The molecule has 0 bridgehead atoms. The highest BCUT2D eigenvalue weighted by atomic mass is 32.2. The van der Waals surface area contributed by atoms with E-state index >= 15 is 0 Å². The van der Waals surface area contributed by atoms with Crippen LogP contribution in [0.4, 0.5) is 0 Å². The van der Waals surface area contributed by atoms with Gasteiger partial charge in [-0.3, -0.25) is 0 Å². The zero-order valence-electron chi connectivity index (χ0n) is 16.1. The van der Waals surface area contributed by atoms with Crippen LogP contribution in [0.3, 0.4) is 0 Å². The molecule has 1 unspecified atom stereocenters. The van der Waals surface area contributed by atoms with E-state index in [0.717, 1.165) is 22.0 Å². The van der Waals surface area contributed by atoms with Crippen LogP contribution in [0.15, 0.2) is 101 Å². The van der Waals surface area contributed by atoms with Gasteiger partial charge in [-0.1, -0.05) is 60.5 Å². The molecule has 1 atom stereocenters. The van der Waals surface area contributed by atoms with Crippen LogP contribution in [0.25, 0.3) is 10.8 Å². The molecule has 146 valence electrons. The molecule has 5 rings (SSSR count). The van der Waals surface area contributed by atoms with Crippen molar-refractivity contribution in [3.05, 3.63) is 96.6 Å². The Morgan fingerprint density at radius 1 is 0.700 bits per heavy atom. The molecule has 0 saturated carbocycles. The maximum Gasteiger partial charge on any atom is 0.231 e. The van der Waals surface area contributed by atoms with E-state index in [9.17, 15) is 0 Å². The largest absolute Gasteiger partial charge is 0.454 e. The summed E-state index contributed by atoms with van der Waals surface area (Å²) in [4.78, 5) is 2.33. The Kier molecular flexibility index (Phi) is 5.56. The summed E-state index contributed by atoms with van der Waals surface area (Å²) in [7, 11) is 0. The highest BCUT2D eigenvalue weighted by molar-refractivity contribution is 8.04. The second-order valence-corrected chi connectivity index (χ2v) is 8.84. The Labute approximate surface area is 184 Å². The summed E-state index contributed by atoms with van der Waals surface area (Å²) in [5, 5.41) is 5.76. The zero-order valence-corrected chi connectivity index (χ0v) is 17.7. The second-order valence-electron chi connectivity index (χ2n) is 6.78. The lowest BCUT2D eigenvalue weighted by Gasteiger charge is -2.12. The van der Waals surface area contributed by atoms with Crippen LogP contribution in [0.5, 0.6) is 11.5 Å². The molecule has 0 saturated heterocycles. The van der Waals surface area contributed by atoms with E-state index < -0.39 is 0 Å². The van der Waals surface area contributed by atoms with Crippen LogP contribution in [-0.2, 0) is 0 Å². The van der Waals surface area contributed by atoms with E-state index in [2.05, 4.69) is 71.8 Å². The molecule has 1 aliphatic heterocycles. The van der Waals surface area contributed by atoms with Gasteiger partial charge in [0.2, 0.25) is 6.79 Å². The SMILES string of the molecule is C(#CC(Sc1ccc2ccccc2c1)c1ccc2c(c1)OCO2)Sc1ccccc1. The van der Waals surface area contributed by atoms with Gasteiger partial charge < -0.3 is 9.47 Å². The summed E-state index contributed by atoms with van der Waals surface area (Å²) >= 11 is 3.31. The van der Waals surface area contributed by atoms with Crippen molar-refractivity contribution in [1.29, 1.82) is 0 Å². The van der Waals surface area contributed by atoms with Gasteiger partial charge in [0.15, 0.2) is 11.5 Å². The third-order valence-electron chi connectivity index (χ3n) is 4.78. The predicted molar refractivity (Wildman–Crippen MR) is 125 cm³/mol. The molecule has 0 aliphatic carbocycles. The lowest BCUT2D eigenvalue weighted by Crippen LogP contribution is -1.93. The first-order valence-corrected chi connectivity index (χ1v) is 11.3. The maximum atomic E-state index is 5.59. The molecule has 1 aliphatic rings. The molecule has 0 fully saturated rings. The van der Waals surface area contributed by atoms with E-state index in [-0.39, 0.29) is 12.0 Å². The standard InChI is InChI=1S/C26H18O2S2/c1-2-8-22(9-3-1)29-15-14-26(21-11-13-24-25(17-21)28-18-27-24)30-23-12-10-19-6-4-5-7-20(19)16-23/h1-13,16-17,26H,18H2. The molecule has 0 radical (unpaired) electrons. The third kappa shape index (κ3) is 4.28. The maximum absolute atomic E-state index is 5.59. The Balaban J connectivity index is 1.45. The minimum Gasteiger partial charge on any atom is -0.454 e. The van der Waals surface area contributed by atoms with Gasteiger partial charge in [0, 0.05) is 9.79 Å². The topological polar surface area (TPSA) is 18.5 Å². The highest BCUT2D eigenvalue weighted by Gasteiger charge is 2.18. The average Bonchev–Trinajstić information content (AvgIpc) is 3.27. The summed E-state index contributed by atoms with van der Waals surface area (Å²) in [6, 6.07) is 31.3. The Bertz CT molecular complexity index is 1240. The Morgan fingerprint density at radius 3 is 2.40 bits per heavy atom. The molecule has 0 aromatic heterocycles. The number of hydrogen-bond acceptors (Lipinski definition) is 4. The lowest BCUT2D eigenvalue weighted by molar-refractivity contribution is 0.174. The monoisotopic (exact) mass is 426 g/mol. The summed E-state index contributed by atoms with van der Waals surface area (Å²) < 4.78 is 11.1. The second kappa shape index (κ2) is 8.79. The van der Waals surface area contributed by atoms with Crippen molar-refractivity contribution in [2.75, 3.05) is 6.79 Å². The minimum absolute atomic E-state index is 0.0168. The smallest absolute Gasteiger partial charge is 0.231 e. The fourth-order valence-electron chi connectivity index (χ4n) is 3.26. The van der Waals surface area contributed by atoms with Crippen LogP contribution in [0.2, 0.25) is 0 Å². The van der Waals surface area contributed by atoms with E-state index in [1.54, 1.807) is 23.5 Å². The molecular weight excluding hydrogens is 408 g/mol. The van der Waals surface area contributed by atoms with Crippen molar-refractivity contribution >= 4 is 34.3 Å². The number of fused-ring (bicyclic) bond motifs is 2. The molecule has 0 N–H and O–H groups in total. The molecule has 4 aromatic carbocycles. The molecule has 4 heteroatoms. The Morgan fingerprint density at radius 2 is 1.50 bits per heavy atom. The van der Waals surface area contributed by atoms with Crippen molar-refractivity contribution in [2.45, 2.75) is 15.0 Å². The first-order valence-electron chi connectivity index (χ1n) is 9.63. The fourth-order valence-corrected chi connectivity index (χ4v) is 4.94. The molecule has 1 heterocycles. The predicted octanol–water partition coefficient (Wildman–Crippen LogP) is 7.16. The van der Waals surface area contributed by atoms with E-state index in [4.69, 9.17) is 9.47 Å². The third-order valence-corrected chi connectivity index (χ3v) is 6.66. The van der Waals surface area contributed by atoms with Crippen LogP contribution in [0, 0.1) is 11.2 Å². The average molecular weight is 427 g/mol. The van der Waals surface area contributed by atoms with Crippen LogP contribution in [0.1, 0.15) is 10.8 Å². The molecule has 30 heavy (non-hydrogen) atoms. The van der Waals surface area contributed by atoms with Crippen LogP contribution < -0.4 is 9.47 Å². The minimum atomic E-state index is -0.0168. The van der Waals surface area contributed by atoms with Crippen molar-refractivity contribution < 1.29 is 9.47 Å². The van der Waals surface area contributed by atoms with Crippen molar-refractivity contribution in [3.63, 3.8) is 0 Å². The number of ether oxygens (including phenoxy) is 2. The van der Waals surface area contributed by atoms with Gasteiger partial charge in [-0.05, 0) is 69.7 Å². The number of thioether (sulfide) groups is 2. The normalized spacial score (nSPS) is 12.9. The molecular formula is C26H18O2S2. The zero-order chi connectivity index (χ0) is 20.2. The quantitative estimate of drug-likeness (QED) is 0.254. The highest BCUT2D eigenvalue weighted by Crippen LogP contribution is 2.41. The number of hydrogen-bond donors (Lipinski definition) is 0. The fraction of sp³-hybridized carbons (Fsp3) is 0.0769. The van der Waals surface area contributed by atoms with Gasteiger partial charge in [0.25, 0.3) is 0 Å². The summed E-state index contributed by atoms with van der Waals surface area (Å²) in [5.41, 5.74) is 1.11. The first-order chi connectivity index (χ1) is 14.8. The van der Waals surface area contributed by atoms with Crippen molar-refractivity contribution in [2.24, 2.45) is 0 Å². The molecule has 0 amide bonds. The van der Waals surface area contributed by atoms with Gasteiger partial charge in [-0.15, -0.1) is 11.8 Å². The van der Waals surface area contributed by atoms with E-state index in [1.165, 1.54) is 15.7 Å². The van der Waals surface area contributed by atoms with Crippen LogP contribution >= 0.6 is 23.5 Å². The van der Waals surface area contributed by atoms with Gasteiger partial charge in [0.1, 0.15) is 0 Å². The van der Waals surface area contributed by atoms with E-state index in [1.807, 2.05) is 30.3 Å². The van der Waals surface area contributed by atoms with E-state index in [0.29, 0.717) is 0 Å². The van der Waals surface area contributed by atoms with Crippen LogP contribution in [-0.4, -0.2) is 6.79 Å². The summed E-state index contributed by atoms with van der Waals surface area (Å²) in [6.07, 6.45) is 0. The summed E-state index contributed by atoms with van der Waals surface area (Å²) in [5.74, 6) is 5.03. The summed E-state index contributed by atoms with van der Waals surface area (Å²) in [6.45, 7) is 0.275. The van der Waals surface area contributed by atoms with Gasteiger partial charge in [-0.2, -0.15) is 0 Å². The lowest BCUT2D eigenvalue weighted by atomic mass is 10.1. The van der Waals surface area contributed by atoms with Gasteiger partial charge in [0.05, 0.1) is 5.25 Å². The molecule has 0 spiro atoms. The first kappa shape index (κ1) is 19.0. The van der Waals surface area contributed by atoms with Gasteiger partial charge >= 0.3 is 0 Å². The van der Waals surface area contributed by atoms with Gasteiger partial charge in [-0.25, -0.2) is 0 Å².